The van der Waals surface area contributed by atoms with E-state index in [1.165, 1.54) is 11.3 Å². The van der Waals surface area contributed by atoms with Gasteiger partial charge in [0.1, 0.15) is 0 Å². The summed E-state index contributed by atoms with van der Waals surface area (Å²) < 4.78 is 0. The van der Waals surface area contributed by atoms with Crippen LogP contribution in [0.3, 0.4) is 0 Å². The number of ketones is 1. The number of aromatic nitrogens is 1. The third-order valence-corrected chi connectivity index (χ3v) is 4.32. The largest absolute Gasteiger partial charge is 0.298 e. The zero-order valence-electron chi connectivity index (χ0n) is 11.0. The number of thiazole rings is 1. The van der Waals surface area contributed by atoms with Gasteiger partial charge in [-0.1, -0.05) is 11.3 Å². The van der Waals surface area contributed by atoms with Gasteiger partial charge in [0, 0.05) is 12.0 Å². The number of carbonyl (C=O) groups excluding carboxylic acids is 2. The van der Waals surface area contributed by atoms with Gasteiger partial charge in [0.05, 0.1) is 22.2 Å². The number of nitriles is 1. The number of nitrogens with one attached hydrogen (secondary N) is 1. The minimum Gasteiger partial charge on any atom is -0.298 e. The Labute approximate surface area is 125 Å². The molecule has 0 bridgehead atoms. The van der Waals surface area contributed by atoms with Crippen LogP contribution in [0.25, 0.3) is 0 Å². The number of anilines is 1. The molecule has 0 saturated carbocycles. The Morgan fingerprint density at radius 2 is 2.05 bits per heavy atom. The smallest absolute Gasteiger partial charge is 0.257 e. The maximum Gasteiger partial charge on any atom is 0.257 e. The molecular weight excluding hydrogens is 286 g/mol. The summed E-state index contributed by atoms with van der Waals surface area (Å²) in [5.41, 5.74) is 1.74. The molecule has 1 amide bonds. The van der Waals surface area contributed by atoms with Gasteiger partial charge in [-0.2, -0.15) is 5.26 Å². The Morgan fingerprint density at radius 1 is 1.29 bits per heavy atom. The summed E-state index contributed by atoms with van der Waals surface area (Å²) in [7, 11) is 0. The quantitative estimate of drug-likeness (QED) is 0.924. The summed E-state index contributed by atoms with van der Waals surface area (Å²) in [4.78, 5) is 28.8. The fourth-order valence-corrected chi connectivity index (χ4v) is 3.16. The summed E-state index contributed by atoms with van der Waals surface area (Å²) in [6.45, 7) is 0. The lowest BCUT2D eigenvalue weighted by atomic mass is 10.0. The molecule has 3 rings (SSSR count). The zero-order chi connectivity index (χ0) is 14.8. The Bertz CT molecular complexity index is 756. The first kappa shape index (κ1) is 13.5. The number of amides is 1. The first-order valence-corrected chi connectivity index (χ1v) is 7.33. The van der Waals surface area contributed by atoms with Crippen LogP contribution >= 0.6 is 11.3 Å². The van der Waals surface area contributed by atoms with Gasteiger partial charge in [0.25, 0.3) is 5.91 Å². The molecule has 5 nitrogen and oxygen atoms in total. The maximum atomic E-state index is 12.1. The molecule has 0 aliphatic heterocycles. The topological polar surface area (TPSA) is 82.8 Å². The van der Waals surface area contributed by atoms with E-state index in [9.17, 15) is 9.59 Å². The monoisotopic (exact) mass is 297 g/mol. The van der Waals surface area contributed by atoms with Crippen molar-refractivity contribution in [3.8, 4) is 6.07 Å². The van der Waals surface area contributed by atoms with E-state index in [2.05, 4.69) is 10.3 Å². The SMILES string of the molecule is N#Cc1ccc(C(=O)Nc2nc3c(s2)C(=O)CCC3)cc1. The van der Waals surface area contributed by atoms with Gasteiger partial charge in [-0.3, -0.25) is 14.9 Å². The fourth-order valence-electron chi connectivity index (χ4n) is 2.19. The normalized spacial score (nSPS) is 13.4. The van der Waals surface area contributed by atoms with Crippen molar-refractivity contribution in [2.24, 2.45) is 0 Å². The standard InChI is InChI=1S/C15H11N3O2S/c16-8-9-4-6-10(7-5-9)14(20)18-15-17-11-2-1-3-12(19)13(11)21-15/h4-7H,1-3H2,(H,17,18,20). The predicted molar refractivity (Wildman–Crippen MR) is 78.5 cm³/mol. The van der Waals surface area contributed by atoms with Crippen LogP contribution < -0.4 is 5.32 Å². The molecule has 1 aromatic heterocycles. The third-order valence-electron chi connectivity index (χ3n) is 3.26. The molecule has 0 fully saturated rings. The Balaban J connectivity index is 1.78. The number of hydrogen-bond acceptors (Lipinski definition) is 5. The first-order valence-electron chi connectivity index (χ1n) is 6.52. The minimum atomic E-state index is -0.293. The Kier molecular flexibility index (Phi) is 3.50. The van der Waals surface area contributed by atoms with E-state index >= 15 is 0 Å². The van der Waals surface area contributed by atoms with E-state index in [0.717, 1.165) is 18.5 Å². The highest BCUT2D eigenvalue weighted by Crippen LogP contribution is 2.29. The molecule has 0 atom stereocenters. The Hall–Kier alpha value is -2.52. The number of Topliss-reactive ketones (excluding diaryl/α,β-unsaturated/α-hetero) is 1. The molecule has 0 spiro atoms. The number of hydrogen-bond donors (Lipinski definition) is 1. The third kappa shape index (κ3) is 2.69. The Morgan fingerprint density at radius 3 is 2.71 bits per heavy atom. The highest BCUT2D eigenvalue weighted by Gasteiger charge is 2.22. The van der Waals surface area contributed by atoms with E-state index in [0.29, 0.717) is 27.6 Å². The lowest BCUT2D eigenvalue weighted by molar-refractivity contribution is 0.0975. The van der Waals surface area contributed by atoms with Crippen molar-refractivity contribution in [1.82, 2.24) is 4.98 Å². The molecule has 1 aliphatic rings. The molecule has 1 N–H and O–H groups in total. The molecule has 1 aromatic carbocycles. The van der Waals surface area contributed by atoms with Crippen LogP contribution in [0.5, 0.6) is 0 Å². The van der Waals surface area contributed by atoms with Crippen molar-refractivity contribution < 1.29 is 9.59 Å². The molecule has 0 saturated heterocycles. The van der Waals surface area contributed by atoms with Crippen LogP contribution in [0.1, 0.15) is 44.1 Å². The van der Waals surface area contributed by atoms with Crippen LogP contribution in [0.4, 0.5) is 5.13 Å². The number of nitrogens with zero attached hydrogens (tertiary/aromatic N) is 2. The molecular formula is C15H11N3O2S. The number of rotatable bonds is 2. The predicted octanol–water partition coefficient (Wildman–Crippen LogP) is 2.79. The van der Waals surface area contributed by atoms with Gasteiger partial charge in [0.2, 0.25) is 0 Å². The fraction of sp³-hybridized carbons (Fsp3) is 0.200. The minimum absolute atomic E-state index is 0.104. The van der Waals surface area contributed by atoms with Crippen LogP contribution in [-0.2, 0) is 6.42 Å². The summed E-state index contributed by atoms with van der Waals surface area (Å²) in [6.07, 6.45) is 2.15. The van der Waals surface area contributed by atoms with E-state index in [1.807, 2.05) is 6.07 Å². The van der Waals surface area contributed by atoms with Crippen LogP contribution in [0.15, 0.2) is 24.3 Å². The van der Waals surface area contributed by atoms with Crippen molar-refractivity contribution >= 4 is 28.2 Å². The number of fused-ring (bicyclic) bond motifs is 1. The molecule has 0 radical (unpaired) electrons. The molecule has 0 unspecified atom stereocenters. The highest BCUT2D eigenvalue weighted by molar-refractivity contribution is 7.17. The van der Waals surface area contributed by atoms with Crippen LogP contribution in [-0.4, -0.2) is 16.7 Å². The summed E-state index contributed by atoms with van der Waals surface area (Å²) in [6, 6.07) is 8.36. The van der Waals surface area contributed by atoms with E-state index in [-0.39, 0.29) is 11.7 Å². The summed E-state index contributed by atoms with van der Waals surface area (Å²) >= 11 is 1.23. The van der Waals surface area contributed by atoms with Crippen molar-refractivity contribution in [3.05, 3.63) is 46.0 Å². The second-order valence-electron chi connectivity index (χ2n) is 4.71. The van der Waals surface area contributed by atoms with Crippen molar-refractivity contribution in [2.75, 3.05) is 5.32 Å². The van der Waals surface area contributed by atoms with Gasteiger partial charge in [-0.15, -0.1) is 0 Å². The average molecular weight is 297 g/mol. The zero-order valence-corrected chi connectivity index (χ0v) is 11.9. The van der Waals surface area contributed by atoms with Crippen molar-refractivity contribution in [3.63, 3.8) is 0 Å². The van der Waals surface area contributed by atoms with Gasteiger partial charge in [0.15, 0.2) is 10.9 Å². The van der Waals surface area contributed by atoms with Crippen LogP contribution in [0, 0.1) is 11.3 Å². The maximum absolute atomic E-state index is 12.1. The van der Waals surface area contributed by atoms with Gasteiger partial charge >= 0.3 is 0 Å². The molecule has 2 aromatic rings. The summed E-state index contributed by atoms with van der Waals surface area (Å²) in [5.74, 6) is -0.189. The summed E-state index contributed by atoms with van der Waals surface area (Å²) in [5, 5.41) is 11.9. The van der Waals surface area contributed by atoms with Gasteiger partial charge in [-0.25, -0.2) is 4.98 Å². The average Bonchev–Trinajstić information content (AvgIpc) is 2.91. The van der Waals surface area contributed by atoms with Crippen molar-refractivity contribution in [2.45, 2.75) is 19.3 Å². The highest BCUT2D eigenvalue weighted by atomic mass is 32.1. The first-order chi connectivity index (χ1) is 10.2. The lowest BCUT2D eigenvalue weighted by Crippen LogP contribution is -2.11. The van der Waals surface area contributed by atoms with E-state index < -0.39 is 0 Å². The van der Waals surface area contributed by atoms with Crippen molar-refractivity contribution in [1.29, 1.82) is 5.26 Å². The molecule has 6 heteroatoms. The van der Waals surface area contributed by atoms with E-state index in [1.54, 1.807) is 24.3 Å². The molecule has 104 valence electrons. The molecule has 1 heterocycles. The second-order valence-corrected chi connectivity index (χ2v) is 5.71. The van der Waals surface area contributed by atoms with Gasteiger partial charge < -0.3 is 0 Å². The number of aryl methyl sites for hydroxylation is 1. The molecule has 21 heavy (non-hydrogen) atoms. The van der Waals surface area contributed by atoms with Crippen LogP contribution in [0.2, 0.25) is 0 Å². The molecule has 1 aliphatic carbocycles. The lowest BCUT2D eigenvalue weighted by Gasteiger charge is -2.05. The number of benzene rings is 1. The van der Waals surface area contributed by atoms with Gasteiger partial charge in [-0.05, 0) is 37.1 Å². The van der Waals surface area contributed by atoms with E-state index in [4.69, 9.17) is 5.26 Å². The number of carbonyl (C=O) groups is 2. The second kappa shape index (κ2) is 5.46.